The van der Waals surface area contributed by atoms with Gasteiger partial charge in [0.05, 0.1) is 18.1 Å². The van der Waals surface area contributed by atoms with Gasteiger partial charge in [0.25, 0.3) is 5.91 Å². The molecule has 0 atom stereocenters. The van der Waals surface area contributed by atoms with Crippen LogP contribution in [0.3, 0.4) is 0 Å². The highest BCUT2D eigenvalue weighted by atomic mass is 32.2. The van der Waals surface area contributed by atoms with Crippen LogP contribution in [0, 0.1) is 6.92 Å². The Hall–Kier alpha value is -3.62. The molecule has 0 aliphatic rings. The number of thioether (sulfide) groups is 1. The second-order valence-corrected chi connectivity index (χ2v) is 9.59. The number of aryl methyl sites for hydroxylation is 1. The van der Waals surface area contributed by atoms with E-state index in [-0.39, 0.29) is 17.6 Å². The van der Waals surface area contributed by atoms with Crippen LogP contribution < -0.4 is 15.4 Å². The molecule has 0 spiro atoms. The number of hydrogen-bond acceptors (Lipinski definition) is 6. The van der Waals surface area contributed by atoms with E-state index in [1.807, 2.05) is 86.0 Å². The van der Waals surface area contributed by atoms with Crippen LogP contribution in [0.25, 0.3) is 11.3 Å². The number of nitrogens with zero attached hydrogens (tertiary/aromatic N) is 1. The number of amides is 2. The van der Waals surface area contributed by atoms with Crippen LogP contribution in [0.2, 0.25) is 0 Å². The summed E-state index contributed by atoms with van der Waals surface area (Å²) in [5.74, 6) is 0.737. The molecule has 0 saturated carbocycles. The predicted octanol–water partition coefficient (Wildman–Crippen LogP) is 6.50. The van der Waals surface area contributed by atoms with E-state index < -0.39 is 0 Å². The first-order valence-electron chi connectivity index (χ1n) is 11.1. The van der Waals surface area contributed by atoms with Crippen molar-refractivity contribution >= 4 is 45.7 Å². The summed E-state index contributed by atoms with van der Waals surface area (Å²) in [4.78, 5) is 30.4. The van der Waals surface area contributed by atoms with Crippen LogP contribution >= 0.6 is 23.1 Å². The van der Waals surface area contributed by atoms with Crippen molar-refractivity contribution in [3.05, 3.63) is 89.3 Å². The Morgan fingerprint density at radius 2 is 1.80 bits per heavy atom. The van der Waals surface area contributed by atoms with Crippen LogP contribution in [-0.2, 0) is 4.79 Å². The van der Waals surface area contributed by atoms with Crippen molar-refractivity contribution in [3.8, 4) is 17.0 Å². The second kappa shape index (κ2) is 11.7. The molecule has 178 valence electrons. The number of carbonyl (C=O) groups is 2. The molecule has 0 fully saturated rings. The molecule has 6 nitrogen and oxygen atoms in total. The van der Waals surface area contributed by atoms with Crippen LogP contribution in [0.5, 0.6) is 5.75 Å². The lowest BCUT2D eigenvalue weighted by atomic mass is 10.1. The summed E-state index contributed by atoms with van der Waals surface area (Å²) in [7, 11) is 0. The average Bonchev–Trinajstić information content (AvgIpc) is 3.32. The first kappa shape index (κ1) is 24.5. The highest BCUT2D eigenvalue weighted by molar-refractivity contribution is 8.00. The normalized spacial score (nSPS) is 10.6. The number of ether oxygens (including phenoxy) is 1. The zero-order valence-electron chi connectivity index (χ0n) is 19.4. The topological polar surface area (TPSA) is 80.3 Å². The van der Waals surface area contributed by atoms with Gasteiger partial charge in [0.1, 0.15) is 5.75 Å². The third-order valence-electron chi connectivity index (χ3n) is 4.95. The summed E-state index contributed by atoms with van der Waals surface area (Å²) in [6.07, 6.45) is 0. The van der Waals surface area contributed by atoms with E-state index in [4.69, 9.17) is 4.74 Å². The smallest absolute Gasteiger partial charge is 0.255 e. The maximum Gasteiger partial charge on any atom is 0.255 e. The third kappa shape index (κ3) is 6.94. The molecule has 0 radical (unpaired) electrons. The summed E-state index contributed by atoms with van der Waals surface area (Å²) in [6.45, 7) is 4.52. The van der Waals surface area contributed by atoms with Crippen molar-refractivity contribution < 1.29 is 14.3 Å². The van der Waals surface area contributed by atoms with Crippen molar-refractivity contribution in [1.82, 2.24) is 4.98 Å². The largest absolute Gasteiger partial charge is 0.494 e. The van der Waals surface area contributed by atoms with Crippen molar-refractivity contribution in [2.75, 3.05) is 23.0 Å². The predicted molar refractivity (Wildman–Crippen MR) is 144 cm³/mol. The van der Waals surface area contributed by atoms with Crippen molar-refractivity contribution in [2.24, 2.45) is 0 Å². The molecule has 0 saturated heterocycles. The van der Waals surface area contributed by atoms with Gasteiger partial charge in [0.15, 0.2) is 5.13 Å². The van der Waals surface area contributed by atoms with Crippen LogP contribution in [0.1, 0.15) is 22.8 Å². The van der Waals surface area contributed by atoms with E-state index in [0.29, 0.717) is 23.0 Å². The molecule has 4 rings (SSSR count). The fourth-order valence-electron chi connectivity index (χ4n) is 3.31. The van der Waals surface area contributed by atoms with Gasteiger partial charge in [-0.25, -0.2) is 4.98 Å². The number of aromatic nitrogens is 1. The molecular weight excluding hydrogens is 478 g/mol. The van der Waals surface area contributed by atoms with Crippen molar-refractivity contribution in [3.63, 3.8) is 0 Å². The number of nitrogens with one attached hydrogen (secondary N) is 2. The number of carbonyl (C=O) groups excluding carboxylic acids is 2. The summed E-state index contributed by atoms with van der Waals surface area (Å²) in [6, 6.07) is 22.6. The SMILES string of the molecule is CCOc1ccc(-c2csc(NC(=O)CSc3cccc(NC(=O)c4cccc(C)c4)c3)n2)cc1. The van der Waals surface area contributed by atoms with Crippen molar-refractivity contribution in [2.45, 2.75) is 18.7 Å². The first-order chi connectivity index (χ1) is 17.0. The zero-order chi connectivity index (χ0) is 24.6. The standard InChI is InChI=1S/C27H25N3O3S2/c1-3-33-22-12-10-19(11-13-22)24-16-35-27(29-24)30-25(31)17-34-23-9-5-8-21(15-23)28-26(32)20-7-4-6-18(2)14-20/h4-16H,3,17H2,1-2H3,(H,28,32)(H,29,30,31). The van der Waals surface area contributed by atoms with Crippen LogP contribution in [0.4, 0.5) is 10.8 Å². The second-order valence-electron chi connectivity index (χ2n) is 7.68. The van der Waals surface area contributed by atoms with Gasteiger partial charge < -0.3 is 15.4 Å². The van der Waals surface area contributed by atoms with E-state index >= 15 is 0 Å². The van der Waals surface area contributed by atoms with E-state index in [9.17, 15) is 9.59 Å². The monoisotopic (exact) mass is 503 g/mol. The summed E-state index contributed by atoms with van der Waals surface area (Å²) >= 11 is 2.78. The van der Waals surface area contributed by atoms with E-state index in [0.717, 1.165) is 27.5 Å². The van der Waals surface area contributed by atoms with Crippen LogP contribution in [0.15, 0.2) is 83.1 Å². The number of rotatable bonds is 9. The van der Waals surface area contributed by atoms with Gasteiger partial charge >= 0.3 is 0 Å². The lowest BCUT2D eigenvalue weighted by Gasteiger charge is -2.08. The van der Waals surface area contributed by atoms with Gasteiger partial charge in [-0.2, -0.15) is 0 Å². The highest BCUT2D eigenvalue weighted by Gasteiger charge is 2.10. The molecule has 0 aliphatic carbocycles. The van der Waals surface area contributed by atoms with Gasteiger partial charge in [0.2, 0.25) is 5.91 Å². The molecule has 2 amide bonds. The van der Waals surface area contributed by atoms with Gasteiger partial charge in [-0.3, -0.25) is 9.59 Å². The Bertz CT molecular complexity index is 1320. The maximum absolute atomic E-state index is 12.5. The van der Waals surface area contributed by atoms with E-state index in [2.05, 4.69) is 15.6 Å². The van der Waals surface area contributed by atoms with Gasteiger partial charge in [0, 0.05) is 27.1 Å². The molecule has 4 aromatic rings. The fourth-order valence-corrected chi connectivity index (χ4v) is 4.80. The first-order valence-corrected chi connectivity index (χ1v) is 13.0. The molecule has 8 heteroatoms. The number of hydrogen-bond donors (Lipinski definition) is 2. The molecule has 35 heavy (non-hydrogen) atoms. The average molecular weight is 504 g/mol. The van der Waals surface area contributed by atoms with Gasteiger partial charge in [-0.1, -0.05) is 23.8 Å². The van der Waals surface area contributed by atoms with Crippen LogP contribution in [-0.4, -0.2) is 29.2 Å². The lowest BCUT2D eigenvalue weighted by molar-refractivity contribution is -0.113. The molecule has 0 aliphatic heterocycles. The van der Waals surface area contributed by atoms with E-state index in [1.54, 1.807) is 6.07 Å². The fraction of sp³-hybridized carbons (Fsp3) is 0.148. The Balaban J connectivity index is 1.30. The molecule has 0 bridgehead atoms. The summed E-state index contributed by atoms with van der Waals surface area (Å²) < 4.78 is 5.47. The number of thiazole rings is 1. The summed E-state index contributed by atoms with van der Waals surface area (Å²) in [5, 5.41) is 8.24. The highest BCUT2D eigenvalue weighted by Crippen LogP contribution is 2.27. The van der Waals surface area contributed by atoms with Gasteiger partial charge in [-0.15, -0.1) is 23.1 Å². The Morgan fingerprint density at radius 3 is 2.57 bits per heavy atom. The number of anilines is 2. The molecule has 2 N–H and O–H groups in total. The molecule has 1 aromatic heterocycles. The third-order valence-corrected chi connectivity index (χ3v) is 6.71. The molecule has 3 aromatic carbocycles. The Labute approximate surface area is 212 Å². The molecular formula is C27H25N3O3S2. The molecule has 1 heterocycles. The minimum Gasteiger partial charge on any atom is -0.494 e. The minimum atomic E-state index is -0.166. The quantitative estimate of drug-likeness (QED) is 0.255. The van der Waals surface area contributed by atoms with E-state index in [1.165, 1.54) is 23.1 Å². The zero-order valence-corrected chi connectivity index (χ0v) is 21.0. The van der Waals surface area contributed by atoms with Gasteiger partial charge in [-0.05, 0) is 68.4 Å². The Kier molecular flexibility index (Phi) is 8.18. The summed E-state index contributed by atoms with van der Waals surface area (Å²) in [5.41, 5.74) is 4.08. The Morgan fingerprint density at radius 1 is 1.00 bits per heavy atom. The maximum atomic E-state index is 12.5. The minimum absolute atomic E-state index is 0.142. The number of benzene rings is 3. The molecule has 0 unspecified atom stereocenters. The van der Waals surface area contributed by atoms with Crippen molar-refractivity contribution in [1.29, 1.82) is 0 Å². The lowest BCUT2D eigenvalue weighted by Crippen LogP contribution is -2.14.